The number of aromatic nitrogens is 10. The Kier molecular flexibility index (Phi) is 8.71. The zero-order chi connectivity index (χ0) is 35.6. The maximum atomic E-state index is 12.9. The van der Waals surface area contributed by atoms with Crippen molar-refractivity contribution in [1.29, 1.82) is 0 Å². The van der Waals surface area contributed by atoms with Gasteiger partial charge in [0.05, 0.1) is 53.0 Å². The summed E-state index contributed by atoms with van der Waals surface area (Å²) in [5.74, 6) is 0.410. The second kappa shape index (κ2) is 13.6. The number of anilines is 2. The molecule has 2 aromatic carbocycles. The first-order chi connectivity index (χ1) is 24.6. The molecule has 6 heterocycles. The molecule has 0 saturated heterocycles. The summed E-state index contributed by atoms with van der Waals surface area (Å²) in [7, 11) is 1.84. The van der Waals surface area contributed by atoms with E-state index in [9.17, 15) is 9.59 Å². The third-order valence-corrected chi connectivity index (χ3v) is 7.53. The van der Waals surface area contributed by atoms with E-state index in [0.717, 1.165) is 21.8 Å². The largest absolute Gasteiger partial charge is 0.490 e. The van der Waals surface area contributed by atoms with Crippen LogP contribution in [0.25, 0.3) is 33.1 Å². The summed E-state index contributed by atoms with van der Waals surface area (Å²) in [6.07, 6.45) is 13.4. The van der Waals surface area contributed by atoms with Crippen molar-refractivity contribution in [3.8, 4) is 11.5 Å². The molecule has 8 aromatic rings. The van der Waals surface area contributed by atoms with Crippen molar-refractivity contribution in [1.82, 2.24) is 49.2 Å². The van der Waals surface area contributed by atoms with E-state index in [0.29, 0.717) is 45.3 Å². The molecule has 0 aliphatic rings. The monoisotopic (exact) mass is 686 g/mol. The summed E-state index contributed by atoms with van der Waals surface area (Å²) in [4.78, 5) is 34.3. The second-order valence-corrected chi connectivity index (χ2v) is 12.1. The Bertz CT molecular complexity index is 2530. The average Bonchev–Trinajstić information content (AvgIpc) is 3.90. The Morgan fingerprint density at radius 2 is 1.29 bits per heavy atom. The predicted molar refractivity (Wildman–Crippen MR) is 190 cm³/mol. The molecule has 0 bridgehead atoms. The van der Waals surface area contributed by atoms with E-state index in [2.05, 4.69) is 46.1 Å². The number of fused-ring (bicyclic) bond motifs is 4. The van der Waals surface area contributed by atoms with Gasteiger partial charge in [0.1, 0.15) is 22.9 Å². The number of carbonyl (C=O) groups is 2. The van der Waals surface area contributed by atoms with Crippen LogP contribution in [0.15, 0.2) is 86.0 Å². The topological polar surface area (TPSA) is 184 Å². The van der Waals surface area contributed by atoms with Crippen LogP contribution in [-0.2, 0) is 7.05 Å². The molecule has 0 aliphatic carbocycles. The maximum Gasteiger partial charge on any atom is 0.259 e. The highest BCUT2D eigenvalue weighted by molar-refractivity contribution is 6.10. The lowest BCUT2D eigenvalue weighted by atomic mass is 10.1. The number of aromatic amines is 1. The van der Waals surface area contributed by atoms with E-state index in [-0.39, 0.29) is 24.0 Å². The Morgan fingerprint density at radius 1 is 0.745 bits per heavy atom. The number of H-pyrrole nitrogens is 1. The molecule has 51 heavy (non-hydrogen) atoms. The van der Waals surface area contributed by atoms with Crippen molar-refractivity contribution in [3.63, 3.8) is 0 Å². The number of aryl methyl sites for hydroxylation is 1. The van der Waals surface area contributed by atoms with E-state index in [1.807, 2.05) is 40.9 Å². The summed E-state index contributed by atoms with van der Waals surface area (Å²) in [6, 6.07) is 10.7. The minimum Gasteiger partial charge on any atom is -0.490 e. The van der Waals surface area contributed by atoms with Gasteiger partial charge in [0.2, 0.25) is 0 Å². The van der Waals surface area contributed by atoms with Crippen molar-refractivity contribution >= 4 is 56.3 Å². The normalized spacial score (nSPS) is 11.4. The molecule has 3 N–H and O–H groups in total. The summed E-state index contributed by atoms with van der Waals surface area (Å²) in [6.45, 7) is 7.65. The van der Waals surface area contributed by atoms with Crippen LogP contribution in [-0.4, -0.2) is 73.2 Å². The number of benzene rings is 2. The Balaban J connectivity index is 0.000000159. The zero-order valence-electron chi connectivity index (χ0n) is 28.4. The highest BCUT2D eigenvalue weighted by Crippen LogP contribution is 2.29. The van der Waals surface area contributed by atoms with Crippen molar-refractivity contribution in [2.24, 2.45) is 7.05 Å². The number of carbonyl (C=O) groups excluding carboxylic acids is 2. The van der Waals surface area contributed by atoms with E-state index in [1.54, 1.807) is 93.5 Å². The van der Waals surface area contributed by atoms with E-state index in [1.165, 1.54) is 0 Å². The van der Waals surface area contributed by atoms with E-state index in [4.69, 9.17) is 9.47 Å². The lowest BCUT2D eigenvalue weighted by molar-refractivity contribution is 0.101. The third-order valence-electron chi connectivity index (χ3n) is 7.53. The molecule has 0 atom stereocenters. The molecule has 0 unspecified atom stereocenters. The first-order valence-corrected chi connectivity index (χ1v) is 16.1. The molecular weight excluding hydrogens is 652 g/mol. The number of hydrogen-bond acceptors (Lipinski definition) is 10. The molecule has 0 spiro atoms. The fourth-order valence-electron chi connectivity index (χ4n) is 5.42. The van der Waals surface area contributed by atoms with Crippen LogP contribution in [0.4, 0.5) is 11.4 Å². The van der Waals surface area contributed by atoms with Gasteiger partial charge in [-0.25, -0.2) is 19.0 Å². The Morgan fingerprint density at radius 3 is 1.86 bits per heavy atom. The second-order valence-electron chi connectivity index (χ2n) is 12.1. The predicted octanol–water partition coefficient (Wildman–Crippen LogP) is 5.30. The molecule has 16 nitrogen and oxygen atoms in total. The van der Waals surface area contributed by atoms with Gasteiger partial charge in [-0.3, -0.25) is 19.4 Å². The average molecular weight is 687 g/mol. The van der Waals surface area contributed by atoms with Crippen molar-refractivity contribution in [2.45, 2.75) is 39.9 Å². The third kappa shape index (κ3) is 6.87. The van der Waals surface area contributed by atoms with Gasteiger partial charge in [0, 0.05) is 60.9 Å². The van der Waals surface area contributed by atoms with Crippen LogP contribution in [0.2, 0.25) is 0 Å². The fourth-order valence-corrected chi connectivity index (χ4v) is 5.42. The van der Waals surface area contributed by atoms with E-state index >= 15 is 0 Å². The molecular formula is C35H34N12O4. The summed E-state index contributed by atoms with van der Waals surface area (Å²) >= 11 is 0. The Hall–Kier alpha value is -6.84. The van der Waals surface area contributed by atoms with Gasteiger partial charge < -0.3 is 20.1 Å². The van der Waals surface area contributed by atoms with Crippen molar-refractivity contribution in [2.75, 3.05) is 10.6 Å². The fraction of sp³-hybridized carbons (Fsp3) is 0.200. The number of nitrogens with zero attached hydrogens (tertiary/aromatic N) is 9. The quantitative estimate of drug-likeness (QED) is 0.190. The van der Waals surface area contributed by atoms with Crippen LogP contribution in [0.3, 0.4) is 0 Å². The van der Waals surface area contributed by atoms with Gasteiger partial charge in [-0.05, 0) is 52.0 Å². The molecule has 0 saturated carbocycles. The highest BCUT2D eigenvalue weighted by Gasteiger charge is 2.20. The van der Waals surface area contributed by atoms with Crippen LogP contribution >= 0.6 is 0 Å². The lowest BCUT2D eigenvalue weighted by Gasteiger charge is -2.14. The minimum absolute atomic E-state index is 0.0643. The number of nitrogens with one attached hydrogen (secondary N) is 3. The maximum absolute atomic E-state index is 12.9. The minimum atomic E-state index is -0.292. The molecule has 2 amide bonds. The van der Waals surface area contributed by atoms with Crippen molar-refractivity contribution in [3.05, 3.63) is 97.1 Å². The SMILES string of the molecule is CC(C)Oc1cc2[nH]ncc2cc1C(=O)Nc1cnn2cccnc12.CC(C)Oc1cc2nn(C)cc2cc1C(=O)Nc1cnn2cccnc12. The molecule has 16 heteroatoms. The summed E-state index contributed by atoms with van der Waals surface area (Å²) < 4.78 is 16.6. The van der Waals surface area contributed by atoms with Gasteiger partial charge in [0.25, 0.3) is 11.8 Å². The smallest absolute Gasteiger partial charge is 0.259 e. The number of rotatable bonds is 8. The van der Waals surface area contributed by atoms with Gasteiger partial charge in [0.15, 0.2) is 11.3 Å². The van der Waals surface area contributed by atoms with Crippen LogP contribution < -0.4 is 20.1 Å². The number of hydrogen-bond donors (Lipinski definition) is 3. The van der Waals surface area contributed by atoms with Gasteiger partial charge >= 0.3 is 0 Å². The Labute approximate surface area is 290 Å². The standard InChI is InChI=1S/C18H18N6O2.C17H16N6O2/c1-11(2)26-16-8-14-12(10-23(3)22-14)7-13(16)18(25)21-15-9-20-24-6-4-5-19-17(15)24;1-10(2)25-15-7-13-11(8-19-22-13)6-12(15)17(24)21-14-9-20-23-5-3-4-18-16(14)23/h4-11H,1-3H3,(H,21,25);3-10H,1-2H3,(H,19,22)(H,21,24). The van der Waals surface area contributed by atoms with Gasteiger partial charge in [-0.2, -0.15) is 20.4 Å². The molecule has 258 valence electrons. The van der Waals surface area contributed by atoms with Crippen molar-refractivity contribution < 1.29 is 19.1 Å². The summed E-state index contributed by atoms with van der Waals surface area (Å²) in [5.41, 5.74) is 4.68. The number of amides is 2. The first kappa shape index (κ1) is 32.7. The van der Waals surface area contributed by atoms with Crippen LogP contribution in [0.5, 0.6) is 11.5 Å². The highest BCUT2D eigenvalue weighted by atomic mass is 16.5. The molecule has 8 rings (SSSR count). The van der Waals surface area contributed by atoms with Gasteiger partial charge in [-0.1, -0.05) is 0 Å². The first-order valence-electron chi connectivity index (χ1n) is 16.1. The van der Waals surface area contributed by atoms with Crippen LogP contribution in [0.1, 0.15) is 48.4 Å². The lowest BCUT2D eigenvalue weighted by Crippen LogP contribution is -2.16. The molecule has 0 aliphatic heterocycles. The number of ether oxygens (including phenoxy) is 2. The molecule has 6 aromatic heterocycles. The molecule has 0 radical (unpaired) electrons. The van der Waals surface area contributed by atoms with E-state index < -0.39 is 0 Å². The van der Waals surface area contributed by atoms with Gasteiger partial charge in [-0.15, -0.1) is 0 Å². The molecule has 0 fully saturated rings. The zero-order valence-corrected chi connectivity index (χ0v) is 28.4. The van der Waals surface area contributed by atoms with Crippen LogP contribution in [0, 0.1) is 0 Å². The summed E-state index contributed by atoms with van der Waals surface area (Å²) in [5, 5.41) is 27.1.